The van der Waals surface area contributed by atoms with Crippen molar-refractivity contribution in [3.05, 3.63) is 29.8 Å². The average Bonchev–Trinajstić information content (AvgIpc) is 3.08. The van der Waals surface area contributed by atoms with Crippen LogP contribution < -0.4 is 10.1 Å². The summed E-state index contributed by atoms with van der Waals surface area (Å²) < 4.78 is 17.4. The smallest absolute Gasteiger partial charge is 0.119 e. The topological polar surface area (TPSA) is 39.7 Å². The van der Waals surface area contributed by atoms with Crippen LogP contribution in [0.25, 0.3) is 0 Å². The van der Waals surface area contributed by atoms with Gasteiger partial charge in [-0.1, -0.05) is 26.0 Å². The van der Waals surface area contributed by atoms with Crippen molar-refractivity contribution in [1.29, 1.82) is 0 Å². The quantitative estimate of drug-likeness (QED) is 0.883. The summed E-state index contributed by atoms with van der Waals surface area (Å²) in [5, 5.41) is 3.86. The van der Waals surface area contributed by atoms with Crippen LogP contribution in [-0.2, 0) is 9.47 Å². The molecule has 1 aliphatic carbocycles. The van der Waals surface area contributed by atoms with Crippen LogP contribution in [0, 0.1) is 11.3 Å². The minimum Gasteiger partial charge on any atom is -0.490 e. The third-order valence-corrected chi connectivity index (χ3v) is 6.38. The molecule has 0 spiro atoms. The fourth-order valence-corrected chi connectivity index (χ4v) is 4.85. The number of nitrogens with one attached hydrogen (secondary N) is 1. The van der Waals surface area contributed by atoms with Crippen LogP contribution in [0.5, 0.6) is 5.75 Å². The second-order valence-electron chi connectivity index (χ2n) is 8.43. The van der Waals surface area contributed by atoms with E-state index in [1.165, 1.54) is 12.0 Å². The van der Waals surface area contributed by atoms with Crippen LogP contribution in [0.15, 0.2) is 24.3 Å². The molecule has 0 amide bonds. The van der Waals surface area contributed by atoms with Gasteiger partial charge in [-0.15, -0.1) is 0 Å². The van der Waals surface area contributed by atoms with Gasteiger partial charge in [-0.2, -0.15) is 0 Å². The summed E-state index contributed by atoms with van der Waals surface area (Å²) >= 11 is 0. The van der Waals surface area contributed by atoms with Gasteiger partial charge in [0.05, 0.1) is 19.3 Å². The molecule has 2 heterocycles. The van der Waals surface area contributed by atoms with E-state index in [9.17, 15) is 0 Å². The molecular formula is C21H31NO3. The molecule has 0 radical (unpaired) electrons. The lowest BCUT2D eigenvalue weighted by Gasteiger charge is -2.55. The lowest BCUT2D eigenvalue weighted by atomic mass is 9.57. The lowest BCUT2D eigenvalue weighted by Crippen LogP contribution is -2.66. The zero-order valence-corrected chi connectivity index (χ0v) is 15.7. The van der Waals surface area contributed by atoms with Gasteiger partial charge in [-0.3, -0.25) is 0 Å². The summed E-state index contributed by atoms with van der Waals surface area (Å²) in [7, 11) is 0. The Kier molecular flexibility index (Phi) is 4.78. The number of benzene rings is 1. The summed E-state index contributed by atoms with van der Waals surface area (Å²) in [6, 6.07) is 9.48. The van der Waals surface area contributed by atoms with E-state index < -0.39 is 0 Å². The highest BCUT2D eigenvalue weighted by atomic mass is 16.5. The summed E-state index contributed by atoms with van der Waals surface area (Å²) in [4.78, 5) is 0. The molecule has 0 unspecified atom stereocenters. The molecule has 4 rings (SSSR count). The van der Waals surface area contributed by atoms with Crippen molar-refractivity contribution >= 4 is 0 Å². The normalized spacial score (nSPS) is 32.7. The first-order chi connectivity index (χ1) is 12.1. The lowest BCUT2D eigenvalue weighted by molar-refractivity contribution is -0.115. The number of hydrogen-bond donors (Lipinski definition) is 1. The van der Waals surface area contributed by atoms with E-state index in [2.05, 4.69) is 50.4 Å². The summed E-state index contributed by atoms with van der Waals surface area (Å²) in [5.41, 5.74) is 1.54. The number of fused-ring (bicyclic) bond motifs is 1. The maximum Gasteiger partial charge on any atom is 0.119 e. The van der Waals surface area contributed by atoms with Crippen LogP contribution in [0.3, 0.4) is 0 Å². The molecule has 25 heavy (non-hydrogen) atoms. The average molecular weight is 345 g/mol. The number of ether oxygens (including phenoxy) is 3. The van der Waals surface area contributed by atoms with Crippen LogP contribution in [-0.4, -0.2) is 38.1 Å². The molecule has 2 aliphatic heterocycles. The standard InChI is InChI=1S/C21H31NO3/c1-14(22-19-18-10-13-24-20(18)21(19,2)3)15-4-6-16(7-5-15)25-17-8-11-23-12-9-17/h4-7,14,17-20,22H,8-13H2,1-3H3/t14-,18+,19+,20-/m0/s1. The Balaban J connectivity index is 1.35. The molecule has 3 aliphatic rings. The van der Waals surface area contributed by atoms with E-state index in [4.69, 9.17) is 14.2 Å². The van der Waals surface area contributed by atoms with E-state index in [1.807, 2.05) is 0 Å². The molecular weight excluding hydrogens is 314 g/mol. The number of hydrogen-bond acceptors (Lipinski definition) is 4. The Morgan fingerprint density at radius 2 is 1.80 bits per heavy atom. The van der Waals surface area contributed by atoms with Gasteiger partial charge in [-0.05, 0) is 31.0 Å². The van der Waals surface area contributed by atoms with Gasteiger partial charge in [-0.25, -0.2) is 0 Å². The molecule has 4 heteroatoms. The Hall–Kier alpha value is -1.10. The molecule has 4 nitrogen and oxygen atoms in total. The van der Waals surface area contributed by atoms with Crippen LogP contribution in [0.4, 0.5) is 0 Å². The molecule has 3 fully saturated rings. The highest BCUT2D eigenvalue weighted by Gasteiger charge is 2.59. The molecule has 4 atom stereocenters. The highest BCUT2D eigenvalue weighted by molar-refractivity contribution is 5.29. The Labute approximate surface area is 151 Å². The van der Waals surface area contributed by atoms with Gasteiger partial charge in [0.2, 0.25) is 0 Å². The van der Waals surface area contributed by atoms with Gasteiger partial charge in [0.25, 0.3) is 0 Å². The molecule has 1 aromatic rings. The van der Waals surface area contributed by atoms with E-state index in [1.54, 1.807) is 0 Å². The molecule has 1 N–H and O–H groups in total. The SMILES string of the molecule is C[C@H](N[C@@H]1[C@H]2CCO[C@@H]2C1(C)C)c1ccc(OC2CCOCC2)cc1. The first-order valence-corrected chi connectivity index (χ1v) is 9.78. The predicted molar refractivity (Wildman–Crippen MR) is 97.9 cm³/mol. The fraction of sp³-hybridized carbons (Fsp3) is 0.714. The van der Waals surface area contributed by atoms with Crippen molar-refractivity contribution in [1.82, 2.24) is 5.32 Å². The predicted octanol–water partition coefficient (Wildman–Crippen LogP) is 3.71. The molecule has 138 valence electrons. The van der Waals surface area contributed by atoms with Crippen LogP contribution >= 0.6 is 0 Å². The Bertz CT molecular complexity index is 579. The summed E-state index contributed by atoms with van der Waals surface area (Å²) in [6.45, 7) is 9.46. The first-order valence-electron chi connectivity index (χ1n) is 9.78. The first kappa shape index (κ1) is 17.3. The zero-order chi connectivity index (χ0) is 17.4. The van der Waals surface area contributed by atoms with Crippen molar-refractivity contribution in [2.45, 2.75) is 64.3 Å². The van der Waals surface area contributed by atoms with Crippen molar-refractivity contribution in [3.63, 3.8) is 0 Å². The Morgan fingerprint density at radius 1 is 1.08 bits per heavy atom. The van der Waals surface area contributed by atoms with Gasteiger partial charge in [0, 0.05) is 42.9 Å². The maximum absolute atomic E-state index is 6.08. The van der Waals surface area contributed by atoms with Crippen LogP contribution in [0.1, 0.15) is 51.6 Å². The van der Waals surface area contributed by atoms with E-state index in [-0.39, 0.29) is 5.41 Å². The third-order valence-electron chi connectivity index (χ3n) is 6.38. The minimum absolute atomic E-state index is 0.224. The Morgan fingerprint density at radius 3 is 2.52 bits per heavy atom. The van der Waals surface area contributed by atoms with Gasteiger partial charge >= 0.3 is 0 Å². The van der Waals surface area contributed by atoms with Gasteiger partial charge < -0.3 is 19.5 Å². The molecule has 0 bridgehead atoms. The molecule has 0 aromatic heterocycles. The van der Waals surface area contributed by atoms with Gasteiger partial charge in [0.1, 0.15) is 11.9 Å². The van der Waals surface area contributed by atoms with Crippen molar-refractivity contribution in [2.24, 2.45) is 11.3 Å². The molecule has 1 saturated carbocycles. The maximum atomic E-state index is 6.08. The van der Waals surface area contributed by atoms with E-state index >= 15 is 0 Å². The van der Waals surface area contributed by atoms with E-state index in [0.29, 0.717) is 30.2 Å². The summed E-state index contributed by atoms with van der Waals surface area (Å²) in [5.74, 6) is 1.64. The minimum atomic E-state index is 0.224. The number of rotatable bonds is 5. The highest BCUT2D eigenvalue weighted by Crippen LogP contribution is 2.52. The fourth-order valence-electron chi connectivity index (χ4n) is 4.85. The molecule has 2 saturated heterocycles. The monoisotopic (exact) mass is 345 g/mol. The second-order valence-corrected chi connectivity index (χ2v) is 8.43. The third kappa shape index (κ3) is 3.32. The van der Waals surface area contributed by atoms with E-state index in [0.717, 1.165) is 38.4 Å². The van der Waals surface area contributed by atoms with Crippen molar-refractivity contribution in [3.8, 4) is 5.75 Å². The zero-order valence-electron chi connectivity index (χ0n) is 15.7. The van der Waals surface area contributed by atoms with Gasteiger partial charge in [0.15, 0.2) is 0 Å². The second kappa shape index (κ2) is 6.90. The molecule has 1 aromatic carbocycles. The van der Waals surface area contributed by atoms with Crippen molar-refractivity contribution in [2.75, 3.05) is 19.8 Å². The summed E-state index contributed by atoms with van der Waals surface area (Å²) in [6.07, 6.45) is 3.90. The van der Waals surface area contributed by atoms with Crippen LogP contribution in [0.2, 0.25) is 0 Å². The largest absolute Gasteiger partial charge is 0.490 e. The van der Waals surface area contributed by atoms with Crippen molar-refractivity contribution < 1.29 is 14.2 Å².